The first-order chi connectivity index (χ1) is 25.8. The predicted molar refractivity (Wildman–Crippen MR) is 215 cm³/mol. The molecule has 0 aliphatic carbocycles. The summed E-state index contributed by atoms with van der Waals surface area (Å²) in [4.78, 5) is 20.8. The average Bonchev–Trinajstić information content (AvgIpc) is 3.23. The highest BCUT2D eigenvalue weighted by molar-refractivity contribution is 6.06. The van der Waals surface area contributed by atoms with E-state index in [-0.39, 0.29) is 0 Å². The smallest absolute Gasteiger partial charge is 0.160 e. The quantitative estimate of drug-likeness (QED) is 0.172. The highest BCUT2D eigenvalue weighted by Crippen LogP contribution is 2.37. The predicted octanol–water partition coefficient (Wildman–Crippen LogP) is 12.2. The highest BCUT2D eigenvalue weighted by Gasteiger charge is 2.16. The molecule has 10 rings (SSSR count). The van der Waals surface area contributed by atoms with Gasteiger partial charge in [0.15, 0.2) is 5.82 Å². The monoisotopic (exact) mass is 662 g/mol. The second kappa shape index (κ2) is 12.4. The van der Waals surface area contributed by atoms with Crippen molar-refractivity contribution in [3.8, 4) is 56.3 Å². The van der Waals surface area contributed by atoms with Crippen LogP contribution in [0, 0.1) is 0 Å². The molecule has 10 aromatic rings. The van der Waals surface area contributed by atoms with Crippen LogP contribution in [-0.2, 0) is 0 Å². The number of nitrogens with zero attached hydrogens (tertiary/aromatic N) is 4. The Morgan fingerprint density at radius 2 is 0.846 bits per heavy atom. The van der Waals surface area contributed by atoms with E-state index in [2.05, 4.69) is 158 Å². The Labute approximate surface area is 300 Å². The van der Waals surface area contributed by atoms with Gasteiger partial charge in [0, 0.05) is 44.0 Å². The minimum Gasteiger partial charge on any atom is -0.245 e. The molecule has 0 unspecified atom stereocenters. The lowest BCUT2D eigenvalue weighted by molar-refractivity contribution is 1.23. The van der Waals surface area contributed by atoms with Gasteiger partial charge in [-0.05, 0) is 34.5 Å². The van der Waals surface area contributed by atoms with E-state index in [4.69, 9.17) is 19.9 Å². The summed E-state index contributed by atoms with van der Waals surface area (Å²) in [6, 6.07) is 63.2. The molecule has 0 atom stereocenters. The van der Waals surface area contributed by atoms with Gasteiger partial charge in [0.05, 0.1) is 33.6 Å². The number of rotatable bonds is 5. The van der Waals surface area contributed by atoms with E-state index in [1.54, 1.807) is 0 Å². The van der Waals surface area contributed by atoms with E-state index in [0.29, 0.717) is 5.82 Å². The van der Waals surface area contributed by atoms with Gasteiger partial charge in [-0.25, -0.2) is 19.9 Å². The van der Waals surface area contributed by atoms with Crippen LogP contribution in [0.5, 0.6) is 0 Å². The van der Waals surface area contributed by atoms with Crippen molar-refractivity contribution in [2.24, 2.45) is 0 Å². The van der Waals surface area contributed by atoms with Crippen molar-refractivity contribution in [2.75, 3.05) is 0 Å². The molecule has 0 spiro atoms. The zero-order valence-electron chi connectivity index (χ0n) is 28.1. The van der Waals surface area contributed by atoms with Crippen molar-refractivity contribution in [1.82, 2.24) is 19.9 Å². The Kier molecular flexibility index (Phi) is 7.10. The molecule has 4 nitrogen and oxygen atoms in total. The van der Waals surface area contributed by atoms with Crippen LogP contribution in [-0.4, -0.2) is 19.9 Å². The van der Waals surface area contributed by atoms with Crippen LogP contribution in [0.25, 0.3) is 99.8 Å². The Balaban J connectivity index is 1.12. The molecule has 0 fully saturated rings. The molecule has 0 bridgehead atoms. The summed E-state index contributed by atoms with van der Waals surface area (Å²) in [5.74, 6) is 0.703. The van der Waals surface area contributed by atoms with E-state index >= 15 is 0 Å². The third kappa shape index (κ3) is 5.17. The number of hydrogen-bond donors (Lipinski definition) is 0. The van der Waals surface area contributed by atoms with Crippen LogP contribution >= 0.6 is 0 Å². The van der Waals surface area contributed by atoms with E-state index in [0.717, 1.165) is 83.2 Å². The third-order valence-corrected chi connectivity index (χ3v) is 9.86. The minimum atomic E-state index is 0.703. The highest BCUT2D eigenvalue weighted by atomic mass is 14.9. The summed E-state index contributed by atoms with van der Waals surface area (Å²) in [5, 5.41) is 5.52. The number of aromatic nitrogens is 4. The van der Waals surface area contributed by atoms with Crippen molar-refractivity contribution in [3.63, 3.8) is 0 Å². The topological polar surface area (TPSA) is 51.6 Å². The Morgan fingerprint density at radius 3 is 1.65 bits per heavy atom. The van der Waals surface area contributed by atoms with Gasteiger partial charge in [0.1, 0.15) is 0 Å². The first-order valence-corrected chi connectivity index (χ1v) is 17.5. The van der Waals surface area contributed by atoms with Crippen molar-refractivity contribution in [2.45, 2.75) is 0 Å². The molecule has 242 valence electrons. The molecule has 0 N–H and O–H groups in total. The van der Waals surface area contributed by atoms with Gasteiger partial charge >= 0.3 is 0 Å². The maximum absolute atomic E-state index is 5.29. The van der Waals surface area contributed by atoms with E-state index in [1.807, 2.05) is 24.3 Å². The van der Waals surface area contributed by atoms with Gasteiger partial charge in [-0.15, -0.1) is 0 Å². The summed E-state index contributed by atoms with van der Waals surface area (Å²) in [6.07, 6.45) is 0. The van der Waals surface area contributed by atoms with Crippen molar-refractivity contribution in [3.05, 3.63) is 182 Å². The van der Waals surface area contributed by atoms with Gasteiger partial charge in [-0.2, -0.15) is 0 Å². The normalized spacial score (nSPS) is 11.5. The van der Waals surface area contributed by atoms with Crippen molar-refractivity contribution in [1.29, 1.82) is 0 Å². The SMILES string of the molecule is c1ccc(-c2nc(-c3ccccc3)c3cccc(-c4cccc(-c5ccc6ccc7ccc(-c8cccc9ccccc89)nc7c6n5)c4)c3n2)cc1. The van der Waals surface area contributed by atoms with E-state index < -0.39 is 0 Å². The van der Waals surface area contributed by atoms with Crippen LogP contribution in [0.1, 0.15) is 0 Å². The molecule has 0 radical (unpaired) electrons. The van der Waals surface area contributed by atoms with Crippen LogP contribution in [0.15, 0.2) is 182 Å². The molecule has 0 saturated carbocycles. The lowest BCUT2D eigenvalue weighted by Crippen LogP contribution is -1.97. The van der Waals surface area contributed by atoms with Gasteiger partial charge < -0.3 is 0 Å². The first kappa shape index (κ1) is 29.8. The van der Waals surface area contributed by atoms with E-state index in [1.165, 1.54) is 10.8 Å². The largest absolute Gasteiger partial charge is 0.245 e. The van der Waals surface area contributed by atoms with Crippen LogP contribution in [0.2, 0.25) is 0 Å². The summed E-state index contributed by atoms with van der Waals surface area (Å²) < 4.78 is 0. The zero-order valence-corrected chi connectivity index (χ0v) is 28.1. The van der Waals surface area contributed by atoms with Gasteiger partial charge in [0.2, 0.25) is 0 Å². The molecular weight excluding hydrogens is 633 g/mol. The van der Waals surface area contributed by atoms with Crippen molar-refractivity contribution < 1.29 is 0 Å². The summed E-state index contributed by atoms with van der Waals surface area (Å²) in [5.41, 5.74) is 11.7. The fourth-order valence-corrected chi connectivity index (χ4v) is 7.29. The average molecular weight is 663 g/mol. The maximum Gasteiger partial charge on any atom is 0.160 e. The van der Waals surface area contributed by atoms with Gasteiger partial charge in [0.25, 0.3) is 0 Å². The second-order valence-corrected chi connectivity index (χ2v) is 13.0. The molecule has 7 aromatic carbocycles. The lowest BCUT2D eigenvalue weighted by Gasteiger charge is -2.13. The standard InChI is InChI=1S/C48H30N4/c1-3-13-32(14-4-1)44-41-23-11-21-39(47(41)52-48(51-44)35-15-5-2-6-16-35)36-18-9-19-37(30-36)42-28-26-33-24-25-34-27-29-43(50-46(34)45(33)49-42)40-22-10-17-31-12-7-8-20-38(31)40/h1-30H. The minimum absolute atomic E-state index is 0.703. The summed E-state index contributed by atoms with van der Waals surface area (Å²) in [6.45, 7) is 0. The van der Waals surface area contributed by atoms with E-state index in [9.17, 15) is 0 Å². The molecule has 0 aliphatic rings. The first-order valence-electron chi connectivity index (χ1n) is 17.5. The number of benzene rings is 7. The maximum atomic E-state index is 5.29. The van der Waals surface area contributed by atoms with Crippen molar-refractivity contribution >= 4 is 43.5 Å². The number of fused-ring (bicyclic) bond motifs is 5. The molecule has 0 aliphatic heterocycles. The van der Waals surface area contributed by atoms with Crippen LogP contribution < -0.4 is 0 Å². The summed E-state index contributed by atoms with van der Waals surface area (Å²) in [7, 11) is 0. The third-order valence-electron chi connectivity index (χ3n) is 9.86. The fourth-order valence-electron chi connectivity index (χ4n) is 7.29. The molecule has 4 heteroatoms. The van der Waals surface area contributed by atoms with Crippen LogP contribution in [0.3, 0.4) is 0 Å². The summed E-state index contributed by atoms with van der Waals surface area (Å²) >= 11 is 0. The molecule has 3 heterocycles. The van der Waals surface area contributed by atoms with Gasteiger partial charge in [-0.1, -0.05) is 164 Å². The Bertz CT molecular complexity index is 2950. The fraction of sp³-hybridized carbons (Fsp3) is 0. The zero-order chi connectivity index (χ0) is 34.4. The molecule has 0 saturated heterocycles. The second-order valence-electron chi connectivity index (χ2n) is 13.0. The Morgan fingerprint density at radius 1 is 0.288 bits per heavy atom. The van der Waals surface area contributed by atoms with Gasteiger partial charge in [-0.3, -0.25) is 0 Å². The molecule has 3 aromatic heterocycles. The number of hydrogen-bond acceptors (Lipinski definition) is 4. The molecule has 52 heavy (non-hydrogen) atoms. The van der Waals surface area contributed by atoms with Crippen LogP contribution in [0.4, 0.5) is 0 Å². The Hall–Kier alpha value is -7.04. The molecule has 0 amide bonds. The number of pyridine rings is 2. The lowest BCUT2D eigenvalue weighted by atomic mass is 9.97. The molecular formula is C48H30N4. The number of para-hydroxylation sites is 1.